The largest absolute Gasteiger partial charge is 0.311 e. The van der Waals surface area contributed by atoms with Crippen molar-refractivity contribution in [2.24, 2.45) is 0 Å². The molecule has 0 bridgehead atoms. The maximum absolute atomic E-state index is 2.37. The average molecular weight is 956 g/mol. The van der Waals surface area contributed by atoms with Crippen LogP contribution in [0.25, 0.3) is 111 Å². The topological polar surface area (TPSA) is 13.1 Å². The van der Waals surface area contributed by atoms with E-state index in [-0.39, 0.29) is 0 Å². The Morgan fingerprint density at radius 1 is 0.187 bits per heavy atom. The maximum atomic E-state index is 2.37. The lowest BCUT2D eigenvalue weighted by Gasteiger charge is -2.26. The molecular weight excluding hydrogens is 907 g/mol. The molecule has 75 heavy (non-hydrogen) atoms. The first-order valence-electron chi connectivity index (χ1n) is 25.7. The molecule has 3 nitrogen and oxygen atoms in total. The summed E-state index contributed by atoms with van der Waals surface area (Å²) in [5, 5.41) is 5.02. The van der Waals surface area contributed by atoms with E-state index in [1.165, 1.54) is 111 Å². The van der Waals surface area contributed by atoms with Crippen molar-refractivity contribution in [3.8, 4) is 67.0 Å². The van der Waals surface area contributed by atoms with E-state index in [1.54, 1.807) is 0 Å². The third-order valence-electron chi connectivity index (χ3n) is 15.0. The molecule has 2 heterocycles. The summed E-state index contributed by atoms with van der Waals surface area (Å²) in [6.45, 7) is 0. The summed E-state index contributed by atoms with van der Waals surface area (Å²) in [7, 11) is 0. The van der Waals surface area contributed by atoms with E-state index in [0.717, 1.165) is 17.1 Å². The van der Waals surface area contributed by atoms with E-state index < -0.39 is 0 Å². The van der Waals surface area contributed by atoms with Crippen LogP contribution < -0.4 is 4.90 Å². The minimum absolute atomic E-state index is 1.09. The highest BCUT2D eigenvalue weighted by Gasteiger charge is 2.17. The first-order chi connectivity index (χ1) is 37.2. The molecule has 0 atom stereocenters. The first-order valence-corrected chi connectivity index (χ1v) is 25.7. The summed E-state index contributed by atoms with van der Waals surface area (Å²) < 4.78 is 4.73. The van der Waals surface area contributed by atoms with Crippen LogP contribution in [-0.4, -0.2) is 9.13 Å². The normalized spacial score (nSPS) is 11.5. The van der Waals surface area contributed by atoms with Crippen molar-refractivity contribution in [2.75, 3.05) is 4.90 Å². The second kappa shape index (κ2) is 18.6. The lowest BCUT2D eigenvalue weighted by atomic mass is 9.98. The van der Waals surface area contributed by atoms with E-state index in [2.05, 4.69) is 311 Å². The Morgan fingerprint density at radius 2 is 0.440 bits per heavy atom. The monoisotopic (exact) mass is 955 g/mol. The van der Waals surface area contributed by atoms with Gasteiger partial charge in [0.05, 0.1) is 22.1 Å². The Labute approximate surface area is 436 Å². The van der Waals surface area contributed by atoms with Crippen molar-refractivity contribution in [3.63, 3.8) is 0 Å². The number of para-hydroxylation sites is 4. The van der Waals surface area contributed by atoms with Gasteiger partial charge in [-0.25, -0.2) is 0 Å². The average Bonchev–Trinajstić information content (AvgIpc) is 4.01. The third kappa shape index (κ3) is 7.95. The Morgan fingerprint density at radius 3 is 0.800 bits per heavy atom. The molecule has 14 rings (SSSR count). The molecule has 0 saturated heterocycles. The molecule has 0 fully saturated rings. The van der Waals surface area contributed by atoms with Crippen molar-refractivity contribution in [2.45, 2.75) is 0 Å². The molecule has 0 aliphatic carbocycles. The van der Waals surface area contributed by atoms with Gasteiger partial charge in [-0.3, -0.25) is 0 Å². The minimum atomic E-state index is 1.09. The van der Waals surface area contributed by atoms with Crippen molar-refractivity contribution in [3.05, 3.63) is 297 Å². The van der Waals surface area contributed by atoms with Gasteiger partial charge in [0.25, 0.3) is 0 Å². The summed E-state index contributed by atoms with van der Waals surface area (Å²) in [6, 6.07) is 108. The zero-order valence-corrected chi connectivity index (χ0v) is 41.1. The highest BCUT2D eigenvalue weighted by atomic mass is 15.1. The van der Waals surface area contributed by atoms with Gasteiger partial charge < -0.3 is 14.0 Å². The molecule has 0 radical (unpaired) electrons. The standard InChI is InChI=1S/C72H49N3/c1-4-14-50(15-5-1)53-32-40-62(41-33-53)73(63-42-34-54(35-43-63)51-24-28-56(29-25-51)58-38-46-71-67(48-58)65-20-10-12-22-69(65)74(71)60-16-6-2-7-17-60)64-44-36-55(37-45-64)52-26-30-57(31-27-52)59-39-47-72-68(49-59)66-21-11-13-23-70(66)75(72)61-18-8-3-9-19-61/h1-49H. The number of fused-ring (bicyclic) bond motifs is 6. The van der Waals surface area contributed by atoms with Crippen LogP contribution in [0.3, 0.4) is 0 Å². The van der Waals surface area contributed by atoms with Crippen LogP contribution in [-0.2, 0) is 0 Å². The van der Waals surface area contributed by atoms with Crippen LogP contribution >= 0.6 is 0 Å². The quantitative estimate of drug-likeness (QED) is 0.133. The molecule has 0 aliphatic rings. The van der Waals surface area contributed by atoms with E-state index in [0.29, 0.717) is 0 Å². The van der Waals surface area contributed by atoms with Crippen molar-refractivity contribution in [1.29, 1.82) is 0 Å². The number of benzene rings is 12. The van der Waals surface area contributed by atoms with E-state index >= 15 is 0 Å². The summed E-state index contributed by atoms with van der Waals surface area (Å²) in [4.78, 5) is 2.35. The summed E-state index contributed by atoms with van der Waals surface area (Å²) in [5.41, 5.74) is 22.3. The SMILES string of the molecule is c1ccc(-c2ccc(N(c3ccc(-c4ccc(-c5ccc6c(c5)c5ccccc5n6-c5ccccc5)cc4)cc3)c3ccc(-c4ccc(-c5ccc6c(c5)c5ccccc5n6-c5ccccc5)cc4)cc3)cc2)cc1. The van der Waals surface area contributed by atoms with Crippen LogP contribution in [0.1, 0.15) is 0 Å². The van der Waals surface area contributed by atoms with E-state index in [9.17, 15) is 0 Å². The van der Waals surface area contributed by atoms with Crippen molar-refractivity contribution in [1.82, 2.24) is 9.13 Å². The Balaban J connectivity index is 0.748. The van der Waals surface area contributed by atoms with Crippen molar-refractivity contribution >= 4 is 60.7 Å². The Kier molecular flexibility index (Phi) is 10.8. The molecular formula is C72H49N3. The molecule has 0 spiro atoms. The third-order valence-corrected chi connectivity index (χ3v) is 15.0. The number of aromatic nitrogens is 2. The number of hydrogen-bond donors (Lipinski definition) is 0. The molecule has 2 aromatic heterocycles. The highest BCUT2D eigenvalue weighted by Crippen LogP contribution is 2.40. The molecule has 3 heteroatoms. The van der Waals surface area contributed by atoms with Gasteiger partial charge in [-0.1, -0.05) is 200 Å². The highest BCUT2D eigenvalue weighted by molar-refractivity contribution is 6.11. The molecule has 352 valence electrons. The number of hydrogen-bond acceptors (Lipinski definition) is 1. The Bertz CT molecular complexity index is 4080. The Hall–Kier alpha value is -9.96. The van der Waals surface area contributed by atoms with Gasteiger partial charge in [-0.2, -0.15) is 0 Å². The van der Waals surface area contributed by atoms with Gasteiger partial charge in [-0.05, 0) is 153 Å². The van der Waals surface area contributed by atoms with Gasteiger partial charge >= 0.3 is 0 Å². The molecule has 0 unspecified atom stereocenters. The molecule has 0 amide bonds. The van der Waals surface area contributed by atoms with Crippen LogP contribution in [0.5, 0.6) is 0 Å². The predicted molar refractivity (Wildman–Crippen MR) is 317 cm³/mol. The molecule has 14 aromatic rings. The van der Waals surface area contributed by atoms with Crippen LogP contribution in [0, 0.1) is 0 Å². The molecule has 0 N–H and O–H groups in total. The van der Waals surface area contributed by atoms with Crippen LogP contribution in [0.15, 0.2) is 297 Å². The number of rotatable bonds is 10. The van der Waals surface area contributed by atoms with Gasteiger partial charge in [0.1, 0.15) is 0 Å². The summed E-state index contributed by atoms with van der Waals surface area (Å²) in [6.07, 6.45) is 0. The smallest absolute Gasteiger partial charge is 0.0541 e. The van der Waals surface area contributed by atoms with Gasteiger partial charge in [0.2, 0.25) is 0 Å². The summed E-state index contributed by atoms with van der Waals surface area (Å²) >= 11 is 0. The van der Waals surface area contributed by atoms with Crippen LogP contribution in [0.2, 0.25) is 0 Å². The number of nitrogens with zero attached hydrogens (tertiary/aromatic N) is 3. The fourth-order valence-corrected chi connectivity index (χ4v) is 11.2. The predicted octanol–water partition coefficient (Wildman–Crippen LogP) is 19.7. The van der Waals surface area contributed by atoms with Crippen LogP contribution in [0.4, 0.5) is 17.1 Å². The zero-order valence-electron chi connectivity index (χ0n) is 41.1. The molecule has 12 aromatic carbocycles. The number of anilines is 3. The fourth-order valence-electron chi connectivity index (χ4n) is 11.2. The first kappa shape index (κ1) is 43.8. The second-order valence-electron chi connectivity index (χ2n) is 19.3. The van der Waals surface area contributed by atoms with E-state index in [4.69, 9.17) is 0 Å². The lowest BCUT2D eigenvalue weighted by molar-refractivity contribution is 1.18. The van der Waals surface area contributed by atoms with Gasteiger partial charge in [0, 0.05) is 50.0 Å². The second-order valence-corrected chi connectivity index (χ2v) is 19.3. The maximum Gasteiger partial charge on any atom is 0.0541 e. The summed E-state index contributed by atoms with van der Waals surface area (Å²) in [5.74, 6) is 0. The lowest BCUT2D eigenvalue weighted by Crippen LogP contribution is -2.09. The van der Waals surface area contributed by atoms with Crippen molar-refractivity contribution < 1.29 is 0 Å². The fraction of sp³-hybridized carbons (Fsp3) is 0. The zero-order chi connectivity index (χ0) is 49.7. The van der Waals surface area contributed by atoms with E-state index in [1.807, 2.05) is 0 Å². The van der Waals surface area contributed by atoms with Gasteiger partial charge in [0.15, 0.2) is 0 Å². The van der Waals surface area contributed by atoms with Gasteiger partial charge in [-0.15, -0.1) is 0 Å². The minimum Gasteiger partial charge on any atom is -0.311 e. The molecule has 0 aliphatic heterocycles. The molecule has 0 saturated carbocycles.